The minimum Gasteiger partial charge on any atom is -0.466 e. The molecule has 0 atom stereocenters. The summed E-state index contributed by atoms with van der Waals surface area (Å²) in [6.07, 6.45) is 5.83. The maximum atomic E-state index is 12.2. The first-order valence-electron chi connectivity index (χ1n) is 5.46. The number of ether oxygens (including phenoxy) is 1. The van der Waals surface area contributed by atoms with Crippen molar-refractivity contribution in [3.63, 3.8) is 0 Å². The summed E-state index contributed by atoms with van der Waals surface area (Å²) in [7, 11) is 1.28. The molecule has 0 radical (unpaired) electrons. The highest BCUT2D eigenvalue weighted by atomic mass is 32.2. The smallest absolute Gasteiger partial charge is 0.331 e. The van der Waals surface area contributed by atoms with Gasteiger partial charge in [0.25, 0.3) is 5.56 Å². The number of hydrogen-bond acceptors (Lipinski definition) is 5. The van der Waals surface area contributed by atoms with E-state index in [9.17, 15) is 9.59 Å². The van der Waals surface area contributed by atoms with Crippen LogP contribution in [0.25, 0.3) is 17.1 Å². The average molecular weight is 276 g/mol. The van der Waals surface area contributed by atoms with Crippen LogP contribution in [-0.2, 0) is 9.53 Å². The standard InChI is InChI=1S/C13H12N2O3S/c1-18-12(16)5-6-15-8-14-11-4-3-9(19-2)7-10(11)13(15)17/h3-8H,1-2H3/b6-5+. The highest BCUT2D eigenvalue weighted by molar-refractivity contribution is 7.98. The Bertz CT molecular complexity index is 707. The minimum atomic E-state index is -0.523. The monoisotopic (exact) mass is 276 g/mol. The van der Waals surface area contributed by atoms with Crippen molar-refractivity contribution in [3.8, 4) is 0 Å². The van der Waals surface area contributed by atoms with Gasteiger partial charge < -0.3 is 4.74 Å². The summed E-state index contributed by atoms with van der Waals surface area (Å²) in [4.78, 5) is 28.4. The third kappa shape index (κ3) is 2.85. The van der Waals surface area contributed by atoms with E-state index in [1.165, 1.54) is 30.3 Å². The summed E-state index contributed by atoms with van der Waals surface area (Å²) >= 11 is 1.55. The molecular weight excluding hydrogens is 264 g/mol. The molecule has 1 aromatic heterocycles. The second-order valence-electron chi connectivity index (χ2n) is 3.68. The fourth-order valence-electron chi connectivity index (χ4n) is 1.56. The molecule has 0 amide bonds. The van der Waals surface area contributed by atoms with E-state index in [1.807, 2.05) is 12.3 Å². The predicted molar refractivity (Wildman–Crippen MR) is 75.1 cm³/mol. The predicted octanol–water partition coefficient (Wildman–Crippen LogP) is 1.76. The number of aromatic nitrogens is 2. The molecule has 0 fully saturated rings. The molecule has 1 aromatic carbocycles. The summed E-state index contributed by atoms with van der Waals surface area (Å²) < 4.78 is 5.72. The van der Waals surface area contributed by atoms with Gasteiger partial charge in [-0.05, 0) is 24.5 Å². The Kier molecular flexibility index (Phi) is 4.01. The van der Waals surface area contributed by atoms with Gasteiger partial charge in [0.15, 0.2) is 0 Å². The average Bonchev–Trinajstić information content (AvgIpc) is 2.46. The molecule has 98 valence electrons. The van der Waals surface area contributed by atoms with Gasteiger partial charge in [0, 0.05) is 17.2 Å². The van der Waals surface area contributed by atoms with Crippen molar-refractivity contribution in [3.05, 3.63) is 41.0 Å². The Morgan fingerprint density at radius 3 is 2.95 bits per heavy atom. The van der Waals surface area contributed by atoms with Crippen LogP contribution in [0.3, 0.4) is 0 Å². The lowest BCUT2D eigenvalue weighted by Gasteiger charge is -2.02. The van der Waals surface area contributed by atoms with Crippen molar-refractivity contribution in [2.45, 2.75) is 4.90 Å². The van der Waals surface area contributed by atoms with Crippen molar-refractivity contribution < 1.29 is 9.53 Å². The first-order valence-corrected chi connectivity index (χ1v) is 6.69. The van der Waals surface area contributed by atoms with Gasteiger partial charge in [-0.1, -0.05) is 0 Å². The van der Waals surface area contributed by atoms with Gasteiger partial charge in [-0.15, -0.1) is 11.8 Å². The molecular formula is C13H12N2O3S. The van der Waals surface area contributed by atoms with Gasteiger partial charge in [-0.25, -0.2) is 9.78 Å². The number of nitrogens with zero attached hydrogens (tertiary/aromatic N) is 2. The van der Waals surface area contributed by atoms with Gasteiger partial charge >= 0.3 is 5.97 Å². The summed E-state index contributed by atoms with van der Waals surface area (Å²) in [5.74, 6) is -0.523. The Morgan fingerprint density at radius 2 is 2.26 bits per heavy atom. The van der Waals surface area contributed by atoms with Crippen LogP contribution in [0.2, 0.25) is 0 Å². The molecule has 0 spiro atoms. The Balaban J connectivity index is 2.53. The quantitative estimate of drug-likeness (QED) is 0.485. The van der Waals surface area contributed by atoms with Gasteiger partial charge in [0.05, 0.1) is 18.0 Å². The zero-order chi connectivity index (χ0) is 13.8. The fourth-order valence-corrected chi connectivity index (χ4v) is 2.00. The largest absolute Gasteiger partial charge is 0.466 e. The van der Waals surface area contributed by atoms with Crippen molar-refractivity contribution in [1.82, 2.24) is 9.55 Å². The van der Waals surface area contributed by atoms with E-state index in [1.54, 1.807) is 23.9 Å². The second-order valence-corrected chi connectivity index (χ2v) is 4.56. The van der Waals surface area contributed by atoms with E-state index in [4.69, 9.17) is 0 Å². The maximum absolute atomic E-state index is 12.2. The highest BCUT2D eigenvalue weighted by Crippen LogP contribution is 2.18. The summed E-state index contributed by atoms with van der Waals surface area (Å²) in [5.41, 5.74) is 0.409. The van der Waals surface area contributed by atoms with Crippen molar-refractivity contribution >= 4 is 34.8 Å². The Hall–Kier alpha value is -2.08. The maximum Gasteiger partial charge on any atom is 0.331 e. The molecule has 2 aromatic rings. The second kappa shape index (κ2) is 5.71. The van der Waals surface area contributed by atoms with Crippen LogP contribution >= 0.6 is 11.8 Å². The number of carbonyl (C=O) groups excluding carboxylic acids is 1. The van der Waals surface area contributed by atoms with Gasteiger partial charge in [-0.3, -0.25) is 9.36 Å². The SMILES string of the molecule is COC(=O)/C=C/n1cnc2ccc(SC)cc2c1=O. The third-order valence-corrected chi connectivity index (χ3v) is 3.29. The van der Waals surface area contributed by atoms with Crippen LogP contribution < -0.4 is 5.56 Å². The number of carbonyl (C=O) groups is 1. The Labute approximate surface area is 113 Å². The molecule has 0 saturated heterocycles. The van der Waals surface area contributed by atoms with E-state index >= 15 is 0 Å². The van der Waals surface area contributed by atoms with Crippen LogP contribution in [0.4, 0.5) is 0 Å². The zero-order valence-corrected chi connectivity index (χ0v) is 11.3. The lowest BCUT2D eigenvalue weighted by Crippen LogP contribution is -2.16. The summed E-state index contributed by atoms with van der Waals surface area (Å²) in [5, 5.41) is 0.517. The molecule has 5 nitrogen and oxygen atoms in total. The molecule has 0 aliphatic carbocycles. The number of benzene rings is 1. The number of hydrogen-bond donors (Lipinski definition) is 0. The van der Waals surface area contributed by atoms with Crippen LogP contribution in [0.15, 0.2) is 40.3 Å². The highest BCUT2D eigenvalue weighted by Gasteiger charge is 2.04. The number of methoxy groups -OCH3 is 1. The van der Waals surface area contributed by atoms with E-state index in [2.05, 4.69) is 9.72 Å². The van der Waals surface area contributed by atoms with Crippen LogP contribution in [0.1, 0.15) is 0 Å². The molecule has 6 heteroatoms. The van der Waals surface area contributed by atoms with Gasteiger partial charge in [-0.2, -0.15) is 0 Å². The number of esters is 1. The molecule has 0 aliphatic heterocycles. The van der Waals surface area contributed by atoms with Crippen LogP contribution in [-0.4, -0.2) is 28.9 Å². The molecule has 0 bridgehead atoms. The summed E-state index contributed by atoms with van der Waals surface area (Å²) in [6, 6.07) is 5.50. The molecule has 0 aliphatic rings. The van der Waals surface area contributed by atoms with Crippen molar-refractivity contribution in [2.24, 2.45) is 0 Å². The van der Waals surface area contributed by atoms with Crippen LogP contribution in [0, 0.1) is 0 Å². The van der Waals surface area contributed by atoms with Crippen molar-refractivity contribution in [2.75, 3.05) is 13.4 Å². The lowest BCUT2D eigenvalue weighted by molar-refractivity contribution is -0.134. The van der Waals surface area contributed by atoms with Gasteiger partial charge in [0.1, 0.15) is 6.33 Å². The minimum absolute atomic E-state index is 0.221. The molecule has 2 rings (SSSR count). The normalized spacial score (nSPS) is 11.1. The van der Waals surface area contributed by atoms with E-state index in [-0.39, 0.29) is 5.56 Å². The lowest BCUT2D eigenvalue weighted by atomic mass is 10.2. The van der Waals surface area contributed by atoms with E-state index in [0.29, 0.717) is 10.9 Å². The zero-order valence-electron chi connectivity index (χ0n) is 10.5. The van der Waals surface area contributed by atoms with Crippen LogP contribution in [0.5, 0.6) is 0 Å². The third-order valence-electron chi connectivity index (χ3n) is 2.56. The fraction of sp³-hybridized carbons (Fsp3) is 0.154. The number of thioether (sulfide) groups is 1. The summed E-state index contributed by atoms with van der Waals surface area (Å²) in [6.45, 7) is 0. The first-order chi connectivity index (χ1) is 9.15. The van der Waals surface area contributed by atoms with Gasteiger partial charge in [0.2, 0.25) is 0 Å². The molecule has 0 N–H and O–H groups in total. The van der Waals surface area contributed by atoms with E-state index in [0.717, 1.165) is 4.90 Å². The molecule has 0 saturated carbocycles. The molecule has 0 unspecified atom stereocenters. The van der Waals surface area contributed by atoms with Crippen molar-refractivity contribution in [1.29, 1.82) is 0 Å². The topological polar surface area (TPSA) is 61.2 Å². The number of rotatable bonds is 3. The van der Waals surface area contributed by atoms with E-state index < -0.39 is 5.97 Å². The molecule has 19 heavy (non-hydrogen) atoms. The first kappa shape index (κ1) is 13.4. The number of fused-ring (bicyclic) bond motifs is 1. The Morgan fingerprint density at radius 1 is 1.47 bits per heavy atom. The molecule has 1 heterocycles.